The van der Waals surface area contributed by atoms with E-state index in [0.717, 1.165) is 18.1 Å². The predicted octanol–water partition coefficient (Wildman–Crippen LogP) is 1.74. The molecular formula is C12H17N3O2. The predicted molar refractivity (Wildman–Crippen MR) is 63.2 cm³/mol. The minimum Gasteiger partial charge on any atom is -0.465 e. The molecule has 5 heteroatoms. The van der Waals surface area contributed by atoms with E-state index in [4.69, 9.17) is 4.74 Å². The normalized spacial score (nSPS) is 26.0. The molecule has 1 aliphatic heterocycles. The largest absolute Gasteiger partial charge is 0.465 e. The van der Waals surface area contributed by atoms with Gasteiger partial charge in [-0.05, 0) is 25.7 Å². The molecule has 3 rings (SSSR count). The van der Waals surface area contributed by atoms with Crippen molar-refractivity contribution < 1.29 is 9.53 Å². The van der Waals surface area contributed by atoms with E-state index in [-0.39, 0.29) is 5.97 Å². The molecular weight excluding hydrogens is 218 g/mol. The van der Waals surface area contributed by atoms with Gasteiger partial charge in [0.25, 0.3) is 0 Å². The average molecular weight is 235 g/mol. The number of hydrogen-bond acceptors (Lipinski definition) is 4. The zero-order valence-corrected chi connectivity index (χ0v) is 10.2. The minimum atomic E-state index is -0.298. The minimum absolute atomic E-state index is 0.298. The smallest absolute Gasteiger partial charge is 0.343 e. The average Bonchev–Trinajstić information content (AvgIpc) is 2.90. The maximum absolute atomic E-state index is 11.7. The molecule has 2 atom stereocenters. The van der Waals surface area contributed by atoms with Crippen molar-refractivity contribution in [2.45, 2.75) is 32.2 Å². The Morgan fingerprint density at radius 1 is 1.53 bits per heavy atom. The molecule has 0 amide bonds. The maximum atomic E-state index is 11.7. The summed E-state index contributed by atoms with van der Waals surface area (Å²) >= 11 is 0. The number of fused-ring (bicyclic) bond motifs is 3. The Hall–Kier alpha value is -1.52. The lowest BCUT2D eigenvalue weighted by Gasteiger charge is -2.28. The van der Waals surface area contributed by atoms with Gasteiger partial charge in [-0.1, -0.05) is 6.42 Å². The van der Waals surface area contributed by atoms with Crippen LogP contribution >= 0.6 is 0 Å². The fraction of sp³-hybridized carbons (Fsp3) is 0.667. The van der Waals surface area contributed by atoms with E-state index in [0.29, 0.717) is 17.5 Å². The molecule has 1 fully saturated rings. The van der Waals surface area contributed by atoms with Gasteiger partial charge in [0.1, 0.15) is 11.4 Å². The van der Waals surface area contributed by atoms with Gasteiger partial charge in [-0.25, -0.2) is 9.48 Å². The molecule has 92 valence electrons. The van der Waals surface area contributed by atoms with Crippen molar-refractivity contribution >= 4 is 11.8 Å². The zero-order chi connectivity index (χ0) is 12.0. The summed E-state index contributed by atoms with van der Waals surface area (Å²) in [5, 5.41) is 7.85. The Morgan fingerprint density at radius 3 is 3.12 bits per heavy atom. The third-order valence-corrected chi connectivity index (χ3v) is 3.94. The van der Waals surface area contributed by atoms with Gasteiger partial charge in [0.05, 0.1) is 18.8 Å². The van der Waals surface area contributed by atoms with E-state index < -0.39 is 0 Å². The molecule has 1 aliphatic carbocycles. The molecule has 0 saturated heterocycles. The number of anilines is 1. The van der Waals surface area contributed by atoms with Crippen molar-refractivity contribution in [1.82, 2.24) is 9.78 Å². The van der Waals surface area contributed by atoms with Gasteiger partial charge in [0.2, 0.25) is 0 Å². The second-order valence-electron chi connectivity index (χ2n) is 4.88. The number of hydrogen-bond donors (Lipinski definition) is 1. The van der Waals surface area contributed by atoms with Crippen LogP contribution in [0.4, 0.5) is 5.82 Å². The summed E-state index contributed by atoms with van der Waals surface area (Å²) in [4.78, 5) is 11.7. The number of carbonyl (C=O) groups is 1. The second-order valence-corrected chi connectivity index (χ2v) is 4.88. The summed E-state index contributed by atoms with van der Waals surface area (Å²) < 4.78 is 6.82. The second kappa shape index (κ2) is 3.75. The molecule has 1 N–H and O–H groups in total. The van der Waals surface area contributed by atoms with Crippen molar-refractivity contribution in [3.63, 3.8) is 0 Å². The molecule has 2 heterocycles. The zero-order valence-electron chi connectivity index (χ0n) is 10.2. The quantitative estimate of drug-likeness (QED) is 0.753. The fourth-order valence-electron chi connectivity index (χ4n) is 3.11. The Morgan fingerprint density at radius 2 is 2.35 bits per heavy atom. The van der Waals surface area contributed by atoms with E-state index in [1.165, 1.54) is 26.4 Å². The lowest BCUT2D eigenvalue weighted by molar-refractivity contribution is 0.0600. The molecule has 2 unspecified atom stereocenters. The SMILES string of the molecule is COC(=O)c1c(C)nn2c1NCC1CCCC12. The topological polar surface area (TPSA) is 56.1 Å². The van der Waals surface area contributed by atoms with Gasteiger partial charge in [-0.3, -0.25) is 0 Å². The highest BCUT2D eigenvalue weighted by Crippen LogP contribution is 2.41. The Kier molecular flexibility index (Phi) is 2.34. The summed E-state index contributed by atoms with van der Waals surface area (Å²) in [5.41, 5.74) is 1.35. The van der Waals surface area contributed by atoms with Crippen LogP contribution < -0.4 is 5.32 Å². The molecule has 0 spiro atoms. The van der Waals surface area contributed by atoms with Crippen LogP contribution in [0.1, 0.15) is 41.4 Å². The summed E-state index contributed by atoms with van der Waals surface area (Å²) in [7, 11) is 1.41. The van der Waals surface area contributed by atoms with Gasteiger partial charge in [-0.15, -0.1) is 0 Å². The van der Waals surface area contributed by atoms with Crippen LogP contribution in [-0.4, -0.2) is 29.4 Å². The van der Waals surface area contributed by atoms with Crippen LogP contribution in [-0.2, 0) is 4.74 Å². The Bertz CT molecular complexity index is 467. The highest BCUT2D eigenvalue weighted by atomic mass is 16.5. The first-order valence-corrected chi connectivity index (χ1v) is 6.13. The lowest BCUT2D eigenvalue weighted by Crippen LogP contribution is -2.30. The van der Waals surface area contributed by atoms with E-state index in [9.17, 15) is 4.79 Å². The lowest BCUT2D eigenvalue weighted by atomic mass is 10.0. The third kappa shape index (κ3) is 1.45. The van der Waals surface area contributed by atoms with Crippen LogP contribution in [0.15, 0.2) is 0 Å². The van der Waals surface area contributed by atoms with Crippen LogP contribution in [0, 0.1) is 12.8 Å². The molecule has 1 aromatic heterocycles. The van der Waals surface area contributed by atoms with Crippen LogP contribution in [0.25, 0.3) is 0 Å². The van der Waals surface area contributed by atoms with Crippen molar-refractivity contribution in [3.05, 3.63) is 11.3 Å². The van der Waals surface area contributed by atoms with E-state index in [1.807, 2.05) is 11.6 Å². The summed E-state index contributed by atoms with van der Waals surface area (Å²) in [6, 6.07) is 0.461. The highest BCUT2D eigenvalue weighted by Gasteiger charge is 2.37. The maximum Gasteiger partial charge on any atom is 0.343 e. The molecule has 1 aromatic rings. The number of ether oxygens (including phenoxy) is 1. The molecule has 0 radical (unpaired) electrons. The van der Waals surface area contributed by atoms with Crippen LogP contribution in [0.2, 0.25) is 0 Å². The van der Waals surface area contributed by atoms with Gasteiger partial charge in [0, 0.05) is 6.54 Å². The first kappa shape index (κ1) is 10.6. The van der Waals surface area contributed by atoms with E-state index in [1.54, 1.807) is 0 Å². The first-order chi connectivity index (χ1) is 8.22. The fourth-order valence-corrected chi connectivity index (χ4v) is 3.11. The highest BCUT2D eigenvalue weighted by molar-refractivity contribution is 5.96. The standard InChI is InChI=1S/C12H17N3O2/c1-7-10(12(16)17-2)11-13-6-8-4-3-5-9(8)15(11)14-7/h8-9,13H,3-6H2,1-2H3. The van der Waals surface area contributed by atoms with Crippen LogP contribution in [0.5, 0.6) is 0 Å². The summed E-state index contributed by atoms with van der Waals surface area (Å²) in [6.07, 6.45) is 3.67. The molecule has 2 aliphatic rings. The van der Waals surface area contributed by atoms with Crippen molar-refractivity contribution in [3.8, 4) is 0 Å². The first-order valence-electron chi connectivity index (χ1n) is 6.13. The number of rotatable bonds is 1. The van der Waals surface area contributed by atoms with Gasteiger partial charge in [0.15, 0.2) is 0 Å². The van der Waals surface area contributed by atoms with E-state index >= 15 is 0 Å². The molecule has 5 nitrogen and oxygen atoms in total. The Labute approximate surface area is 100 Å². The number of esters is 1. The van der Waals surface area contributed by atoms with Gasteiger partial charge < -0.3 is 10.1 Å². The number of aromatic nitrogens is 2. The number of nitrogens with zero attached hydrogens (tertiary/aromatic N) is 2. The van der Waals surface area contributed by atoms with E-state index in [2.05, 4.69) is 10.4 Å². The molecule has 0 bridgehead atoms. The number of carbonyl (C=O) groups excluding carboxylic acids is 1. The number of aryl methyl sites for hydroxylation is 1. The molecule has 1 saturated carbocycles. The Balaban J connectivity index is 2.07. The van der Waals surface area contributed by atoms with Crippen LogP contribution in [0.3, 0.4) is 0 Å². The summed E-state index contributed by atoms with van der Waals surface area (Å²) in [6.45, 7) is 2.81. The van der Waals surface area contributed by atoms with Gasteiger partial charge in [-0.2, -0.15) is 5.10 Å². The number of nitrogens with one attached hydrogen (secondary N) is 1. The molecule has 17 heavy (non-hydrogen) atoms. The van der Waals surface area contributed by atoms with Gasteiger partial charge >= 0.3 is 5.97 Å². The van der Waals surface area contributed by atoms with Crippen molar-refractivity contribution in [2.24, 2.45) is 5.92 Å². The third-order valence-electron chi connectivity index (χ3n) is 3.94. The summed E-state index contributed by atoms with van der Waals surface area (Å²) in [5.74, 6) is 1.21. The molecule has 0 aromatic carbocycles. The monoisotopic (exact) mass is 235 g/mol. The van der Waals surface area contributed by atoms with Crippen molar-refractivity contribution in [2.75, 3.05) is 19.0 Å². The van der Waals surface area contributed by atoms with Crippen molar-refractivity contribution in [1.29, 1.82) is 0 Å². The number of methoxy groups -OCH3 is 1.